The van der Waals surface area contributed by atoms with Gasteiger partial charge in [0, 0.05) is 8.15 Å². The van der Waals surface area contributed by atoms with Crippen molar-refractivity contribution in [3.8, 4) is 0 Å². The van der Waals surface area contributed by atoms with E-state index in [2.05, 4.69) is 0 Å². The van der Waals surface area contributed by atoms with Crippen LogP contribution in [0, 0.1) is 0 Å². The first kappa shape index (κ1) is 4.39. The van der Waals surface area contributed by atoms with Crippen molar-refractivity contribution in [3.63, 3.8) is 0 Å². The summed E-state index contributed by atoms with van der Waals surface area (Å²) >= 11 is 0. The number of hydrogen-bond acceptors (Lipinski definition) is 1. The second-order valence-electron chi connectivity index (χ2n) is 0.847. The van der Waals surface area contributed by atoms with Crippen molar-refractivity contribution in [2.24, 2.45) is 0 Å². The van der Waals surface area contributed by atoms with Gasteiger partial charge in [0.2, 0.25) is 0 Å². The summed E-state index contributed by atoms with van der Waals surface area (Å²) in [5.41, 5.74) is 0. The third-order valence-electron chi connectivity index (χ3n) is 0. The molecule has 0 aliphatic rings. The van der Waals surface area contributed by atoms with E-state index in [1.165, 1.54) is 0 Å². The summed E-state index contributed by atoms with van der Waals surface area (Å²) in [6.45, 7) is 3.57. The van der Waals surface area contributed by atoms with E-state index < -0.39 is 8.15 Å². The summed E-state index contributed by atoms with van der Waals surface area (Å²) in [4.78, 5) is 8.12. The van der Waals surface area contributed by atoms with Gasteiger partial charge in [0.25, 0.3) is 0 Å². The third kappa shape index (κ3) is 30.4. The van der Waals surface area contributed by atoms with E-state index in [-0.39, 0.29) is 0 Å². The van der Waals surface area contributed by atoms with Gasteiger partial charge < -0.3 is 4.89 Å². The molecule has 0 saturated carbocycles. The maximum absolute atomic E-state index is 8.12. The maximum Gasteiger partial charge on any atom is 0.0187 e. The fourth-order valence-corrected chi connectivity index (χ4v) is 0. The molecule has 26 valence electrons. The summed E-state index contributed by atoms with van der Waals surface area (Å²) in [5, 5.41) is 0. The predicted octanol–water partition coefficient (Wildman–Crippen LogP) is 0.635. The Balaban J connectivity index is 2.32. The van der Waals surface area contributed by atoms with Crippen LogP contribution in [0.15, 0.2) is 0 Å². The van der Waals surface area contributed by atoms with Crippen LogP contribution in [0.25, 0.3) is 0 Å². The molecule has 0 saturated heterocycles. The SMILES string of the molecule is CP(C)O. The first-order chi connectivity index (χ1) is 1.73. The van der Waals surface area contributed by atoms with Crippen LogP contribution in [0.3, 0.4) is 0 Å². The quantitative estimate of drug-likeness (QED) is 0.421. The maximum atomic E-state index is 8.12. The Morgan fingerprint density at radius 1 is 1.50 bits per heavy atom. The van der Waals surface area contributed by atoms with Crippen LogP contribution in [-0.2, 0) is 0 Å². The highest BCUT2D eigenvalue weighted by Crippen LogP contribution is 2.13. The van der Waals surface area contributed by atoms with E-state index in [4.69, 9.17) is 4.89 Å². The predicted molar refractivity (Wildman–Crippen MR) is 21.0 cm³/mol. The summed E-state index contributed by atoms with van der Waals surface area (Å²) in [6, 6.07) is 0. The van der Waals surface area contributed by atoms with Crippen molar-refractivity contribution in [2.75, 3.05) is 13.3 Å². The summed E-state index contributed by atoms with van der Waals surface area (Å²) in [7, 11) is -0.620. The Hall–Kier alpha value is 0.390. The molecule has 0 aromatic carbocycles. The molecule has 0 aliphatic heterocycles. The van der Waals surface area contributed by atoms with Crippen LogP contribution in [0.4, 0.5) is 0 Å². The molecule has 0 aromatic rings. The lowest BCUT2D eigenvalue weighted by molar-refractivity contribution is 0.637. The fourth-order valence-electron chi connectivity index (χ4n) is 0. The first-order valence-electron chi connectivity index (χ1n) is 1.09. The molecule has 0 rings (SSSR count). The standard InChI is InChI=1S/C2H7OP/c1-4(2)3/h3H,1-2H3. The van der Waals surface area contributed by atoms with Gasteiger partial charge in [-0.15, -0.1) is 0 Å². The fraction of sp³-hybridized carbons (Fsp3) is 1.00. The van der Waals surface area contributed by atoms with Gasteiger partial charge in [0.15, 0.2) is 0 Å². The summed E-state index contributed by atoms with van der Waals surface area (Å²) < 4.78 is 0. The van der Waals surface area contributed by atoms with Crippen LogP contribution in [0.1, 0.15) is 0 Å². The third-order valence-corrected chi connectivity index (χ3v) is 0. The minimum Gasteiger partial charge on any atom is -0.374 e. The average Bonchev–Trinajstić information content (AvgIpc) is 0.811. The monoisotopic (exact) mass is 78.0 g/mol. The topological polar surface area (TPSA) is 20.2 Å². The zero-order valence-electron chi connectivity index (χ0n) is 2.89. The summed E-state index contributed by atoms with van der Waals surface area (Å²) in [6.07, 6.45) is 0. The lowest BCUT2D eigenvalue weighted by atomic mass is 11.9. The Morgan fingerprint density at radius 3 is 1.50 bits per heavy atom. The van der Waals surface area contributed by atoms with Gasteiger partial charge in [0.05, 0.1) is 0 Å². The van der Waals surface area contributed by atoms with Crippen molar-refractivity contribution in [1.82, 2.24) is 0 Å². The molecular weight excluding hydrogens is 71.0 g/mol. The van der Waals surface area contributed by atoms with Crippen molar-refractivity contribution in [1.29, 1.82) is 0 Å². The van der Waals surface area contributed by atoms with E-state index in [1.54, 1.807) is 13.3 Å². The second-order valence-corrected chi connectivity index (χ2v) is 2.54. The Bertz CT molecular complexity index is 10.8. The summed E-state index contributed by atoms with van der Waals surface area (Å²) in [5.74, 6) is 0. The zero-order chi connectivity index (χ0) is 3.58. The molecule has 0 atom stereocenters. The van der Waals surface area contributed by atoms with Crippen LogP contribution in [0.5, 0.6) is 0 Å². The van der Waals surface area contributed by atoms with Crippen molar-refractivity contribution < 1.29 is 4.89 Å². The normalized spacial score (nSPS) is 9.00. The molecule has 0 amide bonds. The second kappa shape index (κ2) is 1.68. The van der Waals surface area contributed by atoms with Crippen molar-refractivity contribution in [3.05, 3.63) is 0 Å². The largest absolute Gasteiger partial charge is 0.374 e. The highest BCUT2D eigenvalue weighted by Gasteiger charge is 1.68. The van der Waals surface area contributed by atoms with Crippen molar-refractivity contribution >= 4 is 8.15 Å². The highest BCUT2D eigenvalue weighted by molar-refractivity contribution is 7.49. The van der Waals surface area contributed by atoms with Gasteiger partial charge in [0.1, 0.15) is 0 Å². The lowest BCUT2D eigenvalue weighted by Crippen LogP contribution is -1.50. The van der Waals surface area contributed by atoms with E-state index in [0.29, 0.717) is 0 Å². The van der Waals surface area contributed by atoms with Crippen LogP contribution in [-0.4, -0.2) is 18.2 Å². The Labute approximate surface area is 27.5 Å². The van der Waals surface area contributed by atoms with E-state index in [9.17, 15) is 0 Å². The molecule has 0 spiro atoms. The average molecular weight is 78.1 g/mol. The minimum absolute atomic E-state index is 0.620. The van der Waals surface area contributed by atoms with Gasteiger partial charge in [-0.25, -0.2) is 0 Å². The Kier molecular flexibility index (Phi) is 1.85. The Morgan fingerprint density at radius 2 is 1.50 bits per heavy atom. The first-order valence-corrected chi connectivity index (χ1v) is 3.28. The molecule has 0 unspecified atom stereocenters. The van der Waals surface area contributed by atoms with Crippen LogP contribution < -0.4 is 0 Å². The van der Waals surface area contributed by atoms with Gasteiger partial charge >= 0.3 is 0 Å². The van der Waals surface area contributed by atoms with Crippen LogP contribution in [0.2, 0.25) is 0 Å². The lowest BCUT2D eigenvalue weighted by Gasteiger charge is -1.80. The molecule has 1 N–H and O–H groups in total. The van der Waals surface area contributed by atoms with Gasteiger partial charge in [-0.05, 0) is 13.3 Å². The highest BCUT2D eigenvalue weighted by atomic mass is 31.1. The van der Waals surface area contributed by atoms with Crippen molar-refractivity contribution in [2.45, 2.75) is 0 Å². The molecule has 0 radical (unpaired) electrons. The molecule has 2 heteroatoms. The number of hydrogen-bond donors (Lipinski definition) is 1. The smallest absolute Gasteiger partial charge is 0.0187 e. The zero-order valence-corrected chi connectivity index (χ0v) is 3.79. The molecule has 0 aromatic heterocycles. The van der Waals surface area contributed by atoms with Crippen LogP contribution >= 0.6 is 8.15 Å². The van der Waals surface area contributed by atoms with E-state index >= 15 is 0 Å². The minimum atomic E-state index is -0.620. The molecule has 0 fully saturated rings. The molecule has 0 aliphatic carbocycles. The van der Waals surface area contributed by atoms with E-state index in [1.807, 2.05) is 0 Å². The molecule has 4 heavy (non-hydrogen) atoms. The molecule has 1 nitrogen and oxygen atoms in total. The molecule has 0 bridgehead atoms. The van der Waals surface area contributed by atoms with Gasteiger partial charge in [-0.1, -0.05) is 0 Å². The number of rotatable bonds is 0. The van der Waals surface area contributed by atoms with Gasteiger partial charge in [-0.2, -0.15) is 0 Å². The van der Waals surface area contributed by atoms with Gasteiger partial charge in [-0.3, -0.25) is 0 Å². The van der Waals surface area contributed by atoms with E-state index in [0.717, 1.165) is 0 Å². The molecule has 0 heterocycles. The molecular formula is C2H7OP.